The molecule has 1 aromatic heterocycles. The van der Waals surface area contributed by atoms with Gasteiger partial charge >= 0.3 is 0 Å². The van der Waals surface area contributed by atoms with Gasteiger partial charge in [-0.2, -0.15) is 0 Å². The van der Waals surface area contributed by atoms with E-state index in [9.17, 15) is 0 Å². The highest BCUT2D eigenvalue weighted by Gasteiger charge is 2.05. The van der Waals surface area contributed by atoms with Gasteiger partial charge in [0.25, 0.3) is 0 Å². The Balaban J connectivity index is 2.16. The first-order chi connectivity index (χ1) is 8.16. The number of hydrogen-bond donors (Lipinski definition) is 1. The Morgan fingerprint density at radius 3 is 2.59 bits per heavy atom. The summed E-state index contributed by atoms with van der Waals surface area (Å²) < 4.78 is 0. The van der Waals surface area contributed by atoms with Gasteiger partial charge in [0.15, 0.2) is 0 Å². The van der Waals surface area contributed by atoms with Gasteiger partial charge in [-0.15, -0.1) is 11.3 Å². The van der Waals surface area contributed by atoms with E-state index >= 15 is 0 Å². The molecule has 0 aliphatic carbocycles. The van der Waals surface area contributed by atoms with Gasteiger partial charge in [0.05, 0.1) is 0 Å². The van der Waals surface area contributed by atoms with Crippen LogP contribution in [0.4, 0.5) is 0 Å². The molecule has 0 spiro atoms. The second kappa shape index (κ2) is 5.48. The number of rotatable bonds is 4. The summed E-state index contributed by atoms with van der Waals surface area (Å²) in [6.07, 6.45) is 0. The molecular formula is C15H19NS. The number of aryl methyl sites for hydroxylation is 1. The van der Waals surface area contributed by atoms with E-state index in [1.165, 1.54) is 20.9 Å². The van der Waals surface area contributed by atoms with Gasteiger partial charge < -0.3 is 5.32 Å². The van der Waals surface area contributed by atoms with Gasteiger partial charge in [-0.05, 0) is 30.2 Å². The summed E-state index contributed by atoms with van der Waals surface area (Å²) in [6, 6.07) is 13.6. The van der Waals surface area contributed by atoms with Gasteiger partial charge in [0.2, 0.25) is 0 Å². The Bertz CT molecular complexity index is 485. The average molecular weight is 245 g/mol. The molecule has 2 aromatic rings. The van der Waals surface area contributed by atoms with E-state index in [1.807, 2.05) is 11.3 Å². The molecule has 0 aliphatic rings. The molecule has 0 bridgehead atoms. The number of thiophene rings is 1. The Morgan fingerprint density at radius 1 is 1.12 bits per heavy atom. The largest absolute Gasteiger partial charge is 0.310 e. The van der Waals surface area contributed by atoms with E-state index in [0.29, 0.717) is 6.04 Å². The molecular weight excluding hydrogens is 226 g/mol. The summed E-state index contributed by atoms with van der Waals surface area (Å²) in [4.78, 5) is 2.76. The summed E-state index contributed by atoms with van der Waals surface area (Å²) in [5, 5.41) is 3.45. The lowest BCUT2D eigenvalue weighted by molar-refractivity contribution is 0.593. The molecule has 1 aromatic carbocycles. The van der Waals surface area contributed by atoms with Gasteiger partial charge in [0.1, 0.15) is 0 Å². The molecule has 0 radical (unpaired) electrons. The fraction of sp³-hybridized carbons (Fsp3) is 0.333. The van der Waals surface area contributed by atoms with Crippen molar-refractivity contribution in [3.63, 3.8) is 0 Å². The van der Waals surface area contributed by atoms with Crippen LogP contribution in [0.3, 0.4) is 0 Å². The van der Waals surface area contributed by atoms with Crippen LogP contribution in [-0.4, -0.2) is 6.04 Å². The maximum Gasteiger partial charge on any atom is 0.0348 e. The Labute approximate surface area is 108 Å². The van der Waals surface area contributed by atoms with Crippen LogP contribution in [0.2, 0.25) is 0 Å². The molecule has 0 saturated carbocycles. The third-order valence-corrected chi connectivity index (χ3v) is 3.88. The highest BCUT2D eigenvalue weighted by molar-refractivity contribution is 7.15. The summed E-state index contributed by atoms with van der Waals surface area (Å²) in [5.41, 5.74) is 2.70. The molecule has 0 aliphatic heterocycles. The Morgan fingerprint density at radius 2 is 1.88 bits per heavy atom. The van der Waals surface area contributed by atoms with E-state index in [1.54, 1.807) is 0 Å². The van der Waals surface area contributed by atoms with E-state index in [-0.39, 0.29) is 0 Å². The number of benzene rings is 1. The third-order valence-electron chi connectivity index (χ3n) is 2.76. The van der Waals surface area contributed by atoms with Gasteiger partial charge in [0, 0.05) is 22.3 Å². The lowest BCUT2D eigenvalue weighted by Crippen LogP contribution is -2.21. The van der Waals surface area contributed by atoms with Crippen molar-refractivity contribution in [1.29, 1.82) is 0 Å². The quantitative estimate of drug-likeness (QED) is 0.850. The third kappa shape index (κ3) is 3.18. The van der Waals surface area contributed by atoms with E-state index < -0.39 is 0 Å². The first kappa shape index (κ1) is 12.3. The SMILES string of the molecule is Cc1ccccc1-c1ccc(CNC(C)C)s1. The minimum atomic E-state index is 0.541. The van der Waals surface area contributed by atoms with Crippen LogP contribution < -0.4 is 5.32 Å². The topological polar surface area (TPSA) is 12.0 Å². The van der Waals surface area contributed by atoms with E-state index in [2.05, 4.69) is 62.5 Å². The van der Waals surface area contributed by atoms with Crippen molar-refractivity contribution in [3.8, 4) is 10.4 Å². The molecule has 0 saturated heterocycles. The molecule has 90 valence electrons. The standard InChI is InChI=1S/C15H19NS/c1-11(2)16-10-13-8-9-15(17-13)14-7-5-4-6-12(14)3/h4-9,11,16H,10H2,1-3H3. The summed E-state index contributed by atoms with van der Waals surface area (Å²) in [5.74, 6) is 0. The highest BCUT2D eigenvalue weighted by atomic mass is 32.1. The van der Waals surface area contributed by atoms with Crippen molar-refractivity contribution in [3.05, 3.63) is 46.8 Å². The van der Waals surface area contributed by atoms with Crippen LogP contribution in [0, 0.1) is 6.92 Å². The van der Waals surface area contributed by atoms with Crippen LogP contribution in [0.25, 0.3) is 10.4 Å². The van der Waals surface area contributed by atoms with Crippen molar-refractivity contribution in [2.24, 2.45) is 0 Å². The zero-order valence-electron chi connectivity index (χ0n) is 10.7. The van der Waals surface area contributed by atoms with Crippen molar-refractivity contribution in [2.45, 2.75) is 33.4 Å². The first-order valence-electron chi connectivity index (χ1n) is 6.05. The summed E-state index contributed by atoms with van der Waals surface area (Å²) in [7, 11) is 0. The molecule has 17 heavy (non-hydrogen) atoms. The highest BCUT2D eigenvalue weighted by Crippen LogP contribution is 2.30. The summed E-state index contributed by atoms with van der Waals surface area (Å²) >= 11 is 1.88. The fourth-order valence-electron chi connectivity index (χ4n) is 1.77. The number of nitrogens with one attached hydrogen (secondary N) is 1. The molecule has 0 amide bonds. The monoisotopic (exact) mass is 245 g/mol. The van der Waals surface area contributed by atoms with Crippen LogP contribution in [0.15, 0.2) is 36.4 Å². The second-order valence-corrected chi connectivity index (χ2v) is 5.78. The molecule has 0 fully saturated rings. The van der Waals surface area contributed by atoms with Gasteiger partial charge in [-0.1, -0.05) is 38.1 Å². The van der Waals surface area contributed by atoms with Crippen LogP contribution >= 0.6 is 11.3 Å². The average Bonchev–Trinajstić information content (AvgIpc) is 2.75. The maximum absolute atomic E-state index is 3.45. The smallest absolute Gasteiger partial charge is 0.0348 e. The van der Waals surface area contributed by atoms with Crippen LogP contribution in [0.1, 0.15) is 24.3 Å². The zero-order chi connectivity index (χ0) is 12.3. The summed E-state index contributed by atoms with van der Waals surface area (Å²) in [6.45, 7) is 7.49. The minimum absolute atomic E-state index is 0.541. The number of hydrogen-bond acceptors (Lipinski definition) is 2. The van der Waals surface area contributed by atoms with Crippen LogP contribution in [0.5, 0.6) is 0 Å². The zero-order valence-corrected chi connectivity index (χ0v) is 11.5. The lowest BCUT2D eigenvalue weighted by atomic mass is 10.1. The molecule has 1 heterocycles. The molecule has 0 atom stereocenters. The van der Waals surface area contributed by atoms with Gasteiger partial charge in [-0.3, -0.25) is 0 Å². The van der Waals surface area contributed by atoms with Crippen molar-refractivity contribution < 1.29 is 0 Å². The van der Waals surface area contributed by atoms with Crippen molar-refractivity contribution >= 4 is 11.3 Å². The first-order valence-corrected chi connectivity index (χ1v) is 6.86. The van der Waals surface area contributed by atoms with E-state index in [4.69, 9.17) is 0 Å². The van der Waals surface area contributed by atoms with E-state index in [0.717, 1.165) is 6.54 Å². The fourth-order valence-corrected chi connectivity index (χ4v) is 2.82. The molecule has 2 heteroatoms. The Kier molecular flexibility index (Phi) is 3.97. The van der Waals surface area contributed by atoms with Crippen LogP contribution in [-0.2, 0) is 6.54 Å². The minimum Gasteiger partial charge on any atom is -0.310 e. The molecule has 1 nitrogen and oxygen atoms in total. The van der Waals surface area contributed by atoms with Crippen molar-refractivity contribution in [2.75, 3.05) is 0 Å². The second-order valence-electron chi connectivity index (χ2n) is 4.62. The predicted octanol–water partition coefficient (Wildman–Crippen LogP) is 4.22. The molecule has 2 rings (SSSR count). The Hall–Kier alpha value is -1.12. The van der Waals surface area contributed by atoms with Crippen molar-refractivity contribution in [1.82, 2.24) is 5.32 Å². The molecule has 0 unspecified atom stereocenters. The molecule has 1 N–H and O–H groups in total. The normalized spacial score (nSPS) is 11.1. The maximum atomic E-state index is 3.45. The lowest BCUT2D eigenvalue weighted by Gasteiger charge is -2.05. The predicted molar refractivity (Wildman–Crippen MR) is 76.5 cm³/mol. The van der Waals surface area contributed by atoms with Gasteiger partial charge in [-0.25, -0.2) is 0 Å².